The molecule has 0 aliphatic carbocycles. The van der Waals surface area contributed by atoms with Crippen molar-refractivity contribution in [3.63, 3.8) is 0 Å². The van der Waals surface area contributed by atoms with E-state index in [1.54, 1.807) is 0 Å². The van der Waals surface area contributed by atoms with Crippen molar-refractivity contribution in [2.75, 3.05) is 50.0 Å². The van der Waals surface area contributed by atoms with E-state index in [9.17, 15) is 0 Å². The van der Waals surface area contributed by atoms with Crippen molar-refractivity contribution in [3.05, 3.63) is 48.5 Å². The maximum atomic E-state index is 5.40. The fourth-order valence-electron chi connectivity index (χ4n) is 3.24. The molecule has 0 saturated carbocycles. The molecule has 172 valence electrons. The molecule has 0 fully saturated rings. The van der Waals surface area contributed by atoms with Gasteiger partial charge < -0.3 is 24.6 Å². The molecule has 2 aromatic carbocycles. The van der Waals surface area contributed by atoms with Gasteiger partial charge in [-0.3, -0.25) is 0 Å². The molecule has 6 heteroatoms. The Morgan fingerprint density at radius 3 is 1.19 bits per heavy atom. The van der Waals surface area contributed by atoms with Gasteiger partial charge in [-0.15, -0.1) is 0 Å². The van der Waals surface area contributed by atoms with Gasteiger partial charge in [-0.1, -0.05) is 0 Å². The van der Waals surface area contributed by atoms with Gasteiger partial charge in [0.2, 0.25) is 0 Å². The lowest BCUT2D eigenvalue weighted by molar-refractivity contribution is -0.921. The quantitative estimate of drug-likeness (QED) is 0.337. The summed E-state index contributed by atoms with van der Waals surface area (Å²) < 4.78 is 12.1. The van der Waals surface area contributed by atoms with Crippen molar-refractivity contribution in [1.29, 1.82) is 0 Å². The van der Waals surface area contributed by atoms with E-state index in [4.69, 9.17) is 21.7 Å². The van der Waals surface area contributed by atoms with Crippen molar-refractivity contribution in [1.82, 2.24) is 0 Å². The van der Waals surface area contributed by atoms with E-state index in [2.05, 4.69) is 38.3 Å². The predicted molar refractivity (Wildman–Crippen MR) is 137 cm³/mol. The molecule has 0 aliphatic rings. The zero-order chi connectivity index (χ0) is 23.1. The predicted octanol–water partition coefficient (Wildman–Crippen LogP) is 6.18. The van der Waals surface area contributed by atoms with Crippen LogP contribution in [0.5, 0.6) is 11.5 Å². The lowest BCUT2D eigenvalue weighted by Gasteiger charge is -2.34. The number of quaternary nitrogens is 1. The normalized spacial score (nSPS) is 10.5. The second-order valence-electron chi connectivity index (χ2n) is 7.10. The van der Waals surface area contributed by atoms with Crippen LogP contribution in [-0.2, 0) is 0 Å². The molecule has 0 amide bonds. The maximum Gasteiger partial charge on any atom is 0.175 e. The molecule has 0 saturated heterocycles. The third kappa shape index (κ3) is 9.57. The number of ether oxygens (including phenoxy) is 2. The molecule has 0 spiro atoms. The number of nitrogens with zero attached hydrogens (tertiary/aromatic N) is 1. The largest absolute Gasteiger partial charge is 0.494 e. The summed E-state index contributed by atoms with van der Waals surface area (Å²) in [5.41, 5.74) is 1.82. The van der Waals surface area contributed by atoms with E-state index < -0.39 is 0 Å². The average molecular weight is 447 g/mol. The highest BCUT2D eigenvalue weighted by atomic mass is 32.1. The number of benzene rings is 2. The van der Waals surface area contributed by atoms with Crippen LogP contribution in [0.4, 0.5) is 11.4 Å². The van der Waals surface area contributed by atoms with Crippen LogP contribution in [0.1, 0.15) is 41.5 Å². The fourth-order valence-corrected chi connectivity index (χ4v) is 3.47. The van der Waals surface area contributed by atoms with Gasteiger partial charge in [-0.2, -0.15) is 0 Å². The Labute approximate surface area is 194 Å². The third-order valence-electron chi connectivity index (χ3n) is 5.53. The Morgan fingerprint density at radius 1 is 0.645 bits per heavy atom. The van der Waals surface area contributed by atoms with Crippen LogP contribution in [0.25, 0.3) is 0 Å². The summed E-state index contributed by atoms with van der Waals surface area (Å²) in [5.74, 6) is 1.69. The van der Waals surface area contributed by atoms with Crippen LogP contribution >= 0.6 is 12.2 Å². The molecule has 5 nitrogen and oxygen atoms in total. The van der Waals surface area contributed by atoms with Gasteiger partial charge in [0.15, 0.2) is 5.11 Å². The van der Waals surface area contributed by atoms with Gasteiger partial charge in [0.05, 0.1) is 39.4 Å². The molecular weight excluding hydrogens is 406 g/mol. The van der Waals surface area contributed by atoms with Gasteiger partial charge in [-0.05, 0) is 102 Å². The minimum atomic E-state index is 0.535. The lowest BCUT2D eigenvalue weighted by Crippen LogP contribution is -2.47. The van der Waals surface area contributed by atoms with E-state index in [-0.39, 0.29) is 0 Å². The van der Waals surface area contributed by atoms with Crippen LogP contribution < -0.4 is 20.1 Å². The number of anilines is 2. The Morgan fingerprint density at radius 2 is 0.968 bits per heavy atom. The molecule has 2 rings (SSSR count). The zero-order valence-electron chi connectivity index (χ0n) is 20.0. The summed E-state index contributed by atoms with van der Waals surface area (Å²) >= 11 is 5.30. The van der Waals surface area contributed by atoms with Gasteiger partial charge in [0.1, 0.15) is 11.5 Å². The molecule has 31 heavy (non-hydrogen) atoms. The van der Waals surface area contributed by atoms with Crippen molar-refractivity contribution in [2.24, 2.45) is 0 Å². The molecule has 0 bridgehead atoms. The van der Waals surface area contributed by atoms with E-state index >= 15 is 0 Å². The number of nitrogens with one attached hydrogen (secondary N) is 2. The molecule has 0 aliphatic heterocycles. The van der Waals surface area contributed by atoms with Crippen LogP contribution in [-0.4, -0.2) is 49.0 Å². The van der Waals surface area contributed by atoms with Gasteiger partial charge in [0.25, 0.3) is 0 Å². The topological polar surface area (TPSA) is 42.5 Å². The molecule has 2 aromatic rings. The molecule has 0 radical (unpaired) electrons. The van der Waals surface area contributed by atoms with Crippen molar-refractivity contribution < 1.29 is 14.0 Å². The Bertz CT molecular complexity index is 673. The van der Waals surface area contributed by atoms with Gasteiger partial charge in [-0.25, -0.2) is 0 Å². The van der Waals surface area contributed by atoms with Crippen LogP contribution in [0.3, 0.4) is 0 Å². The third-order valence-corrected chi connectivity index (χ3v) is 5.73. The zero-order valence-corrected chi connectivity index (χ0v) is 20.8. The van der Waals surface area contributed by atoms with E-state index in [1.165, 1.54) is 30.7 Å². The monoisotopic (exact) mass is 446 g/mol. The highest BCUT2D eigenvalue weighted by molar-refractivity contribution is 7.80. The number of hydrogen-bond acceptors (Lipinski definition) is 3. The first-order valence-electron chi connectivity index (χ1n) is 11.3. The number of thiocarbonyl (C=S) groups is 1. The molecule has 0 atom stereocenters. The molecule has 0 unspecified atom stereocenters. The van der Waals surface area contributed by atoms with Crippen LogP contribution in [0.2, 0.25) is 0 Å². The summed E-state index contributed by atoms with van der Waals surface area (Å²) in [6.07, 6.45) is 0. The first-order chi connectivity index (χ1) is 14.9. The second-order valence-corrected chi connectivity index (χ2v) is 7.51. The Balaban J connectivity index is 0.000000452. The summed E-state index contributed by atoms with van der Waals surface area (Å²) in [7, 11) is 0. The lowest BCUT2D eigenvalue weighted by atomic mass is 10.3. The second kappa shape index (κ2) is 14.7. The average Bonchev–Trinajstić information content (AvgIpc) is 2.79. The van der Waals surface area contributed by atoms with E-state index in [0.717, 1.165) is 22.9 Å². The van der Waals surface area contributed by atoms with Gasteiger partial charge >= 0.3 is 0 Å². The SMILES string of the molecule is CCOc1ccc(NC(=S)Nc2ccc(OCC)cc2)cc1.CC[N+](CC)(CC)CC. The summed E-state index contributed by atoms with van der Waals surface area (Å²) in [6.45, 7) is 19.5. The summed E-state index contributed by atoms with van der Waals surface area (Å²) in [5, 5.41) is 6.80. The van der Waals surface area contributed by atoms with E-state index in [1.807, 2.05) is 62.4 Å². The maximum absolute atomic E-state index is 5.40. The van der Waals surface area contributed by atoms with Gasteiger partial charge in [0, 0.05) is 11.4 Å². The Kier molecular flexibility index (Phi) is 12.6. The highest BCUT2D eigenvalue weighted by Gasteiger charge is 2.16. The number of hydrogen-bond donors (Lipinski definition) is 2. The molecule has 0 aromatic heterocycles. The smallest absolute Gasteiger partial charge is 0.175 e. The van der Waals surface area contributed by atoms with Crippen LogP contribution in [0, 0.1) is 0 Å². The molecule has 2 N–H and O–H groups in total. The van der Waals surface area contributed by atoms with Crippen molar-refractivity contribution >= 4 is 28.7 Å². The highest BCUT2D eigenvalue weighted by Crippen LogP contribution is 2.18. The summed E-state index contributed by atoms with van der Waals surface area (Å²) in [6, 6.07) is 15.3. The minimum Gasteiger partial charge on any atom is -0.494 e. The van der Waals surface area contributed by atoms with Crippen molar-refractivity contribution in [2.45, 2.75) is 41.5 Å². The molecular formula is C25H40N3O2S+. The first kappa shape index (κ1) is 26.7. The summed E-state index contributed by atoms with van der Waals surface area (Å²) in [4.78, 5) is 0. The molecule has 0 heterocycles. The Hall–Kier alpha value is -2.31. The van der Waals surface area contributed by atoms with Crippen LogP contribution in [0.15, 0.2) is 48.5 Å². The number of rotatable bonds is 10. The first-order valence-corrected chi connectivity index (χ1v) is 11.7. The van der Waals surface area contributed by atoms with E-state index in [0.29, 0.717) is 18.3 Å². The fraction of sp³-hybridized carbons (Fsp3) is 0.480. The standard InChI is InChI=1S/C17H20N2O2S.C8H20N/c1-3-20-15-9-5-13(6-10-15)18-17(22)19-14-7-11-16(12-8-14)21-4-2;1-5-9(6-2,7-3)8-4/h5-12H,3-4H2,1-2H3,(H2,18,19,22);5-8H2,1-4H3/q;+1. The van der Waals surface area contributed by atoms with Crippen molar-refractivity contribution in [3.8, 4) is 11.5 Å². The minimum absolute atomic E-state index is 0.535.